The van der Waals surface area contributed by atoms with Crippen molar-refractivity contribution >= 4 is 23.2 Å². The number of nitrogens with zero attached hydrogens (tertiary/aromatic N) is 3. The molecule has 0 N–H and O–H groups in total. The molecule has 2 aliphatic rings. The van der Waals surface area contributed by atoms with Crippen LogP contribution in [0.2, 0.25) is 5.02 Å². The van der Waals surface area contributed by atoms with E-state index in [0.29, 0.717) is 10.4 Å². The second-order valence-corrected chi connectivity index (χ2v) is 6.97. The van der Waals surface area contributed by atoms with Crippen molar-refractivity contribution in [2.75, 3.05) is 11.4 Å². The molecule has 1 aliphatic carbocycles. The van der Waals surface area contributed by atoms with E-state index in [-0.39, 0.29) is 0 Å². The van der Waals surface area contributed by atoms with Crippen LogP contribution in [0.1, 0.15) is 18.4 Å². The molecule has 117 valence electrons. The van der Waals surface area contributed by atoms with Gasteiger partial charge in [0.05, 0.1) is 0 Å². The van der Waals surface area contributed by atoms with Crippen molar-refractivity contribution < 1.29 is 0 Å². The van der Waals surface area contributed by atoms with E-state index in [2.05, 4.69) is 27.0 Å². The molecule has 0 unspecified atom stereocenters. The maximum atomic E-state index is 6.27. The highest BCUT2D eigenvalue weighted by Gasteiger charge is 2.52. The number of hydrogen-bond donors (Lipinski definition) is 0. The molecule has 2 aromatic carbocycles. The van der Waals surface area contributed by atoms with Crippen molar-refractivity contribution in [3.63, 3.8) is 0 Å². The Hall–Kier alpha value is -2.39. The van der Waals surface area contributed by atoms with Crippen LogP contribution < -0.4 is 4.90 Å². The fourth-order valence-electron chi connectivity index (χ4n) is 3.62. The zero-order valence-electron chi connectivity index (χ0n) is 13.0. The first kappa shape index (κ1) is 14.0. The molecule has 0 saturated heterocycles. The largest absolute Gasteiger partial charge is 0.309 e. The molecule has 1 fully saturated rings. The van der Waals surface area contributed by atoms with Crippen LogP contribution in [0, 0.1) is 6.07 Å². The second kappa shape index (κ2) is 5.05. The van der Waals surface area contributed by atoms with Gasteiger partial charge in [-0.2, -0.15) is 0 Å². The van der Waals surface area contributed by atoms with E-state index in [1.54, 1.807) is 0 Å². The fraction of sp³-hybridized carbons (Fsp3) is 0.200. The molecule has 1 saturated carbocycles. The minimum atomic E-state index is 0.315. The van der Waals surface area contributed by atoms with Crippen LogP contribution in [0.15, 0.2) is 54.9 Å². The average Bonchev–Trinajstić information content (AvgIpc) is 3.33. The van der Waals surface area contributed by atoms with Crippen molar-refractivity contribution in [1.82, 2.24) is 9.97 Å². The fourth-order valence-corrected chi connectivity index (χ4v) is 3.86. The highest BCUT2D eigenvalue weighted by molar-refractivity contribution is 6.33. The molecule has 1 aliphatic heterocycles. The summed E-state index contributed by atoms with van der Waals surface area (Å²) in [6, 6.07) is 17.2. The van der Waals surface area contributed by atoms with E-state index >= 15 is 0 Å². The smallest absolute Gasteiger partial charge is 0.229 e. The molecule has 0 amide bonds. The van der Waals surface area contributed by atoms with Gasteiger partial charge in [-0.3, -0.25) is 0 Å². The lowest BCUT2D eigenvalue weighted by Gasteiger charge is -2.17. The van der Waals surface area contributed by atoms with Gasteiger partial charge in [0.15, 0.2) is 0 Å². The van der Waals surface area contributed by atoms with Crippen LogP contribution in [0.4, 0.5) is 11.6 Å². The molecular formula is C20H15ClN3. The number of fused-ring (bicyclic) bond motifs is 2. The third kappa shape index (κ3) is 2.05. The number of hydrogen-bond acceptors (Lipinski definition) is 3. The summed E-state index contributed by atoms with van der Waals surface area (Å²) in [6.07, 6.45) is 6.21. The topological polar surface area (TPSA) is 29.0 Å². The normalized spacial score (nSPS) is 17.1. The Morgan fingerprint density at radius 2 is 1.88 bits per heavy atom. The van der Waals surface area contributed by atoms with Crippen molar-refractivity contribution in [3.05, 3.63) is 71.5 Å². The van der Waals surface area contributed by atoms with Crippen LogP contribution in [0.5, 0.6) is 0 Å². The van der Waals surface area contributed by atoms with E-state index in [0.717, 1.165) is 23.6 Å². The predicted octanol–water partition coefficient (Wildman–Crippen LogP) is 4.78. The monoisotopic (exact) mass is 332 g/mol. The third-order valence-electron chi connectivity index (χ3n) is 5.08. The van der Waals surface area contributed by atoms with Gasteiger partial charge in [0, 0.05) is 46.2 Å². The van der Waals surface area contributed by atoms with Gasteiger partial charge in [0.1, 0.15) is 0 Å². The molecule has 24 heavy (non-hydrogen) atoms. The minimum Gasteiger partial charge on any atom is -0.309 e. The van der Waals surface area contributed by atoms with Crippen LogP contribution in [0.25, 0.3) is 11.1 Å². The summed E-state index contributed by atoms with van der Waals surface area (Å²) in [5.74, 6) is 0.746. The van der Waals surface area contributed by atoms with Crippen molar-refractivity contribution in [2.24, 2.45) is 0 Å². The Morgan fingerprint density at radius 1 is 1.08 bits per heavy atom. The first-order valence-corrected chi connectivity index (χ1v) is 8.50. The maximum absolute atomic E-state index is 6.27. The summed E-state index contributed by atoms with van der Waals surface area (Å²) in [7, 11) is 0. The Balaban J connectivity index is 1.52. The van der Waals surface area contributed by atoms with Crippen LogP contribution in [0.3, 0.4) is 0 Å². The zero-order chi connectivity index (χ0) is 16.1. The Bertz CT molecular complexity index is 916. The maximum Gasteiger partial charge on any atom is 0.229 e. The Labute approximate surface area is 145 Å². The van der Waals surface area contributed by atoms with Crippen LogP contribution in [-0.4, -0.2) is 16.5 Å². The summed E-state index contributed by atoms with van der Waals surface area (Å²) >= 11 is 6.27. The van der Waals surface area contributed by atoms with Gasteiger partial charge in [0.2, 0.25) is 5.95 Å². The molecule has 5 rings (SSSR count). The Kier molecular flexibility index (Phi) is 2.95. The highest BCUT2D eigenvalue weighted by atomic mass is 35.5. The lowest BCUT2D eigenvalue weighted by molar-refractivity contribution is 0.735. The first-order chi connectivity index (χ1) is 11.8. The lowest BCUT2D eigenvalue weighted by atomic mass is 9.99. The molecule has 1 aromatic heterocycles. The number of aromatic nitrogens is 2. The zero-order valence-corrected chi connectivity index (χ0v) is 13.8. The summed E-state index contributed by atoms with van der Waals surface area (Å²) in [5, 5.41) is 0.715. The van der Waals surface area contributed by atoms with Crippen LogP contribution in [-0.2, 0) is 5.41 Å². The van der Waals surface area contributed by atoms with Gasteiger partial charge >= 0.3 is 0 Å². The van der Waals surface area contributed by atoms with Gasteiger partial charge in [-0.1, -0.05) is 41.9 Å². The first-order valence-electron chi connectivity index (χ1n) is 8.12. The van der Waals surface area contributed by atoms with Gasteiger partial charge in [-0.15, -0.1) is 0 Å². The minimum absolute atomic E-state index is 0.315. The lowest BCUT2D eigenvalue weighted by Crippen LogP contribution is -2.21. The van der Waals surface area contributed by atoms with E-state index < -0.39 is 0 Å². The quantitative estimate of drug-likeness (QED) is 0.676. The number of anilines is 2. The molecule has 0 bridgehead atoms. The molecule has 0 atom stereocenters. The Morgan fingerprint density at radius 3 is 2.62 bits per heavy atom. The van der Waals surface area contributed by atoms with Crippen LogP contribution >= 0.6 is 11.6 Å². The average molecular weight is 333 g/mol. The van der Waals surface area contributed by atoms with Crippen molar-refractivity contribution in [1.29, 1.82) is 0 Å². The summed E-state index contributed by atoms with van der Waals surface area (Å²) in [6.45, 7) is 0.964. The third-order valence-corrected chi connectivity index (χ3v) is 5.41. The highest BCUT2D eigenvalue weighted by Crippen LogP contribution is 2.57. The summed E-state index contributed by atoms with van der Waals surface area (Å²) in [4.78, 5) is 11.4. The molecule has 2 heterocycles. The number of benzene rings is 2. The van der Waals surface area contributed by atoms with E-state index in [4.69, 9.17) is 11.6 Å². The van der Waals surface area contributed by atoms with Gasteiger partial charge < -0.3 is 4.90 Å². The molecule has 3 nitrogen and oxygen atoms in total. The molecule has 1 radical (unpaired) electrons. The summed E-state index contributed by atoms with van der Waals surface area (Å²) < 4.78 is 0. The SMILES string of the molecule is Clc1ccccc1-c1cnc(N2CC3(CC3)c3cc[c]cc32)nc1. The molecule has 3 aromatic rings. The summed E-state index contributed by atoms with van der Waals surface area (Å²) in [5.41, 5.74) is 4.82. The number of halogens is 1. The second-order valence-electron chi connectivity index (χ2n) is 6.56. The van der Waals surface area contributed by atoms with Crippen molar-refractivity contribution in [3.8, 4) is 11.1 Å². The van der Waals surface area contributed by atoms with Crippen molar-refractivity contribution in [2.45, 2.75) is 18.3 Å². The predicted molar refractivity (Wildman–Crippen MR) is 95.7 cm³/mol. The van der Waals surface area contributed by atoms with Gasteiger partial charge in [-0.25, -0.2) is 9.97 Å². The van der Waals surface area contributed by atoms with E-state index in [9.17, 15) is 0 Å². The molecule has 4 heteroatoms. The molecule has 1 spiro atoms. The van der Waals surface area contributed by atoms with Gasteiger partial charge in [0.25, 0.3) is 0 Å². The molecular weight excluding hydrogens is 318 g/mol. The van der Waals surface area contributed by atoms with Gasteiger partial charge in [-0.05, 0) is 36.6 Å². The van der Waals surface area contributed by atoms with E-state index in [1.807, 2.05) is 48.8 Å². The van der Waals surface area contributed by atoms with E-state index in [1.165, 1.54) is 24.1 Å². The number of rotatable bonds is 2. The standard InChI is InChI=1S/C20H15ClN3/c21-17-7-3-1-5-15(17)14-11-22-19(23-12-14)24-13-20(9-10-20)16-6-2-4-8-18(16)24/h1-3,5-8,11-12H,9-10,13H2.